The summed E-state index contributed by atoms with van der Waals surface area (Å²) in [5.74, 6) is -0.337. The number of carbonyl (C=O) groups is 1. The van der Waals surface area contributed by atoms with Crippen LogP contribution in [0.4, 0.5) is 0 Å². The van der Waals surface area contributed by atoms with Crippen LogP contribution in [0, 0.1) is 6.92 Å². The van der Waals surface area contributed by atoms with Gasteiger partial charge in [0.15, 0.2) is 0 Å². The first-order valence-corrected chi connectivity index (χ1v) is 8.23. The average Bonchev–Trinajstić information content (AvgIpc) is 2.30. The number of sulfonamides is 1. The number of hydrogen-bond donors (Lipinski definition) is 2. The van der Waals surface area contributed by atoms with Gasteiger partial charge in [-0.3, -0.25) is 4.79 Å². The van der Waals surface area contributed by atoms with Gasteiger partial charge >= 0.3 is 0 Å². The molecule has 112 valence electrons. The summed E-state index contributed by atoms with van der Waals surface area (Å²) in [5, 5.41) is 7.95. The van der Waals surface area contributed by atoms with Crippen molar-refractivity contribution in [2.45, 2.75) is 44.6 Å². The van der Waals surface area contributed by atoms with Crippen LogP contribution in [0.1, 0.15) is 42.6 Å². The Morgan fingerprint density at radius 2 is 2.05 bits per heavy atom. The quantitative estimate of drug-likeness (QED) is 0.872. The van der Waals surface area contributed by atoms with E-state index in [1.807, 2.05) is 13.8 Å². The number of nitrogens with one attached hydrogen (secondary N) is 1. The first-order valence-electron chi connectivity index (χ1n) is 6.30. The highest BCUT2D eigenvalue weighted by Gasteiger charge is 2.19. The van der Waals surface area contributed by atoms with Crippen LogP contribution in [0.3, 0.4) is 0 Å². The second kappa shape index (κ2) is 6.56. The maximum Gasteiger partial charge on any atom is 0.251 e. The van der Waals surface area contributed by atoms with Crippen LogP contribution >= 0.6 is 11.6 Å². The molecule has 1 aromatic carbocycles. The lowest BCUT2D eigenvalue weighted by Crippen LogP contribution is -2.32. The van der Waals surface area contributed by atoms with Crippen molar-refractivity contribution in [3.63, 3.8) is 0 Å². The molecule has 0 aromatic heterocycles. The molecular weight excluding hydrogens is 300 g/mol. The number of halogens is 1. The molecule has 7 heteroatoms. The second-order valence-corrected chi connectivity index (χ2v) is 6.72. The van der Waals surface area contributed by atoms with E-state index in [2.05, 4.69) is 5.32 Å². The van der Waals surface area contributed by atoms with E-state index in [0.29, 0.717) is 5.56 Å². The number of rotatable bonds is 5. The van der Waals surface area contributed by atoms with Crippen LogP contribution in [0.5, 0.6) is 0 Å². The van der Waals surface area contributed by atoms with Crippen molar-refractivity contribution < 1.29 is 13.2 Å². The van der Waals surface area contributed by atoms with Crippen molar-refractivity contribution >= 4 is 27.5 Å². The molecule has 1 unspecified atom stereocenters. The van der Waals surface area contributed by atoms with Crippen LogP contribution in [0.25, 0.3) is 0 Å². The van der Waals surface area contributed by atoms with Crippen molar-refractivity contribution in [3.05, 3.63) is 28.3 Å². The molecule has 0 bridgehead atoms. The molecule has 1 rings (SSSR count). The smallest absolute Gasteiger partial charge is 0.251 e. The topological polar surface area (TPSA) is 89.3 Å². The van der Waals surface area contributed by atoms with Gasteiger partial charge in [-0.2, -0.15) is 0 Å². The van der Waals surface area contributed by atoms with E-state index in [-0.39, 0.29) is 27.4 Å². The molecule has 3 N–H and O–H groups in total. The number of amides is 1. The number of hydrogen-bond acceptors (Lipinski definition) is 3. The predicted octanol–water partition coefficient (Wildman–Crippen LogP) is 2.21. The van der Waals surface area contributed by atoms with Crippen LogP contribution in [0.2, 0.25) is 5.02 Å². The Balaban J connectivity index is 3.15. The van der Waals surface area contributed by atoms with Gasteiger partial charge in [0.25, 0.3) is 5.91 Å². The Kier molecular flexibility index (Phi) is 5.56. The molecule has 0 saturated carbocycles. The van der Waals surface area contributed by atoms with E-state index in [9.17, 15) is 13.2 Å². The molecule has 0 heterocycles. The molecule has 0 aliphatic carbocycles. The fourth-order valence-corrected chi connectivity index (χ4v) is 3.02. The summed E-state index contributed by atoms with van der Waals surface area (Å²) in [5.41, 5.74) is 0.727. The van der Waals surface area contributed by atoms with Gasteiger partial charge in [0, 0.05) is 11.6 Å². The number of aryl methyl sites for hydroxylation is 1. The minimum Gasteiger partial charge on any atom is -0.350 e. The van der Waals surface area contributed by atoms with Crippen molar-refractivity contribution in [3.8, 4) is 0 Å². The molecule has 0 aliphatic heterocycles. The summed E-state index contributed by atoms with van der Waals surface area (Å²) in [6.45, 7) is 5.54. The van der Waals surface area contributed by atoms with Gasteiger partial charge < -0.3 is 5.32 Å². The molecule has 0 saturated heterocycles. The number of benzene rings is 1. The largest absolute Gasteiger partial charge is 0.350 e. The standard InChI is InChI=1S/C13H19ClN2O3S/c1-4-5-9(3)16-13(17)10-6-8(2)12(14)11(7-10)20(15,18)19/h6-7,9H,4-5H2,1-3H3,(H,16,17)(H2,15,18,19). The summed E-state index contributed by atoms with van der Waals surface area (Å²) in [4.78, 5) is 11.9. The maximum absolute atomic E-state index is 12.1. The summed E-state index contributed by atoms with van der Waals surface area (Å²) >= 11 is 5.92. The molecule has 5 nitrogen and oxygen atoms in total. The summed E-state index contributed by atoms with van der Waals surface area (Å²) in [6.07, 6.45) is 1.80. The van der Waals surface area contributed by atoms with Crippen LogP contribution in [-0.2, 0) is 10.0 Å². The van der Waals surface area contributed by atoms with E-state index in [1.165, 1.54) is 6.07 Å². The van der Waals surface area contributed by atoms with Gasteiger partial charge in [0.2, 0.25) is 10.0 Å². The van der Waals surface area contributed by atoms with E-state index >= 15 is 0 Å². The van der Waals surface area contributed by atoms with Gasteiger partial charge in [0.05, 0.1) is 5.02 Å². The molecule has 20 heavy (non-hydrogen) atoms. The van der Waals surface area contributed by atoms with Crippen molar-refractivity contribution in [2.24, 2.45) is 5.14 Å². The maximum atomic E-state index is 12.1. The van der Waals surface area contributed by atoms with E-state index in [0.717, 1.165) is 12.8 Å². The fourth-order valence-electron chi connectivity index (χ4n) is 1.89. The zero-order chi connectivity index (χ0) is 15.5. The summed E-state index contributed by atoms with van der Waals surface area (Å²) in [6, 6.07) is 2.77. The molecule has 0 fully saturated rings. The highest BCUT2D eigenvalue weighted by molar-refractivity contribution is 7.89. The predicted molar refractivity (Wildman–Crippen MR) is 79.4 cm³/mol. The third-order valence-corrected chi connectivity index (χ3v) is 4.44. The summed E-state index contributed by atoms with van der Waals surface area (Å²) in [7, 11) is -3.96. The SMILES string of the molecule is CCCC(C)NC(=O)c1cc(C)c(Cl)c(S(N)(=O)=O)c1. The zero-order valence-electron chi connectivity index (χ0n) is 11.7. The minimum atomic E-state index is -3.96. The molecule has 0 spiro atoms. The van der Waals surface area contributed by atoms with E-state index in [1.54, 1.807) is 13.0 Å². The van der Waals surface area contributed by atoms with E-state index in [4.69, 9.17) is 16.7 Å². The van der Waals surface area contributed by atoms with Gasteiger partial charge in [-0.1, -0.05) is 24.9 Å². The van der Waals surface area contributed by atoms with Gasteiger partial charge in [0.1, 0.15) is 4.90 Å². The van der Waals surface area contributed by atoms with Crippen molar-refractivity contribution in [1.82, 2.24) is 5.32 Å². The first kappa shape index (κ1) is 16.9. The third-order valence-electron chi connectivity index (χ3n) is 2.89. The average molecular weight is 319 g/mol. The Morgan fingerprint density at radius 3 is 2.55 bits per heavy atom. The monoisotopic (exact) mass is 318 g/mol. The Morgan fingerprint density at radius 1 is 1.45 bits per heavy atom. The lowest BCUT2D eigenvalue weighted by Gasteiger charge is -2.14. The molecule has 0 radical (unpaired) electrons. The molecule has 0 aliphatic rings. The number of nitrogens with two attached hydrogens (primary N) is 1. The normalized spacial score (nSPS) is 13.1. The molecule has 1 amide bonds. The highest BCUT2D eigenvalue weighted by Crippen LogP contribution is 2.26. The van der Waals surface area contributed by atoms with Crippen molar-refractivity contribution in [2.75, 3.05) is 0 Å². The minimum absolute atomic E-state index is 0.0152. The summed E-state index contributed by atoms with van der Waals surface area (Å²) < 4.78 is 22.9. The third kappa shape index (κ3) is 4.19. The Hall–Kier alpha value is -1.11. The van der Waals surface area contributed by atoms with Gasteiger partial charge in [-0.05, 0) is 38.0 Å². The van der Waals surface area contributed by atoms with Gasteiger partial charge in [-0.25, -0.2) is 13.6 Å². The van der Waals surface area contributed by atoms with Gasteiger partial charge in [-0.15, -0.1) is 0 Å². The molecular formula is C13H19ClN2O3S. The van der Waals surface area contributed by atoms with E-state index < -0.39 is 10.0 Å². The van der Waals surface area contributed by atoms with Crippen LogP contribution < -0.4 is 10.5 Å². The number of carbonyl (C=O) groups excluding carboxylic acids is 1. The lowest BCUT2D eigenvalue weighted by molar-refractivity contribution is 0.0938. The lowest BCUT2D eigenvalue weighted by atomic mass is 10.1. The Bertz CT molecular complexity index is 614. The van der Waals surface area contributed by atoms with Crippen molar-refractivity contribution in [1.29, 1.82) is 0 Å². The fraction of sp³-hybridized carbons (Fsp3) is 0.462. The zero-order valence-corrected chi connectivity index (χ0v) is 13.3. The second-order valence-electron chi connectivity index (χ2n) is 4.81. The van der Waals surface area contributed by atoms with Crippen LogP contribution in [0.15, 0.2) is 17.0 Å². The highest BCUT2D eigenvalue weighted by atomic mass is 35.5. The molecule has 1 aromatic rings. The number of primary sulfonamides is 1. The van der Waals surface area contributed by atoms with Crippen LogP contribution in [-0.4, -0.2) is 20.4 Å². The first-order chi connectivity index (χ1) is 9.16. The molecule has 1 atom stereocenters. The Labute approximate surface area is 124 Å².